The van der Waals surface area contributed by atoms with Crippen molar-refractivity contribution in [3.8, 4) is 0 Å². The van der Waals surface area contributed by atoms with E-state index < -0.39 is 0 Å². The lowest BCUT2D eigenvalue weighted by molar-refractivity contribution is 0.834. The van der Waals surface area contributed by atoms with Gasteiger partial charge in [-0.15, -0.1) is 23.2 Å². The predicted molar refractivity (Wildman–Crippen MR) is 32.8 cm³/mol. The SMILES string of the molecule is C[C@H]1[C@H](C)C1(Cl)Cl. The highest BCUT2D eigenvalue weighted by Crippen LogP contribution is 2.58. The molecule has 0 unspecified atom stereocenters. The Labute approximate surface area is 53.8 Å². The molecule has 0 amide bonds. The molecule has 1 aliphatic rings. The second-order valence-electron chi connectivity index (χ2n) is 2.25. The van der Waals surface area contributed by atoms with E-state index in [0.29, 0.717) is 11.8 Å². The molecule has 0 saturated heterocycles. The van der Waals surface area contributed by atoms with Crippen molar-refractivity contribution in [3.05, 3.63) is 0 Å². The molecule has 0 aromatic heterocycles. The molecule has 0 bridgehead atoms. The molecule has 2 heteroatoms. The van der Waals surface area contributed by atoms with Crippen LogP contribution in [0.5, 0.6) is 0 Å². The van der Waals surface area contributed by atoms with Gasteiger partial charge >= 0.3 is 0 Å². The molecule has 1 rings (SSSR count). The molecule has 1 fully saturated rings. The minimum absolute atomic E-state index is 0.389. The second-order valence-corrected chi connectivity index (χ2v) is 3.70. The lowest BCUT2D eigenvalue weighted by Gasteiger charge is -1.87. The van der Waals surface area contributed by atoms with Gasteiger partial charge in [0.25, 0.3) is 0 Å². The van der Waals surface area contributed by atoms with Gasteiger partial charge in [0.05, 0.1) is 0 Å². The summed E-state index contributed by atoms with van der Waals surface area (Å²) in [4.78, 5) is 0. The highest BCUT2D eigenvalue weighted by Gasteiger charge is 2.56. The Bertz CT molecular complexity index is 78.1. The van der Waals surface area contributed by atoms with Crippen LogP contribution in [-0.2, 0) is 0 Å². The van der Waals surface area contributed by atoms with Crippen molar-refractivity contribution in [2.24, 2.45) is 11.8 Å². The molecule has 0 heterocycles. The third-order valence-corrected chi connectivity index (χ3v) is 3.23. The van der Waals surface area contributed by atoms with Gasteiger partial charge in [-0.2, -0.15) is 0 Å². The van der Waals surface area contributed by atoms with Gasteiger partial charge in [-0.1, -0.05) is 13.8 Å². The van der Waals surface area contributed by atoms with Crippen molar-refractivity contribution in [3.63, 3.8) is 0 Å². The molecule has 1 aliphatic carbocycles. The van der Waals surface area contributed by atoms with Crippen LogP contribution in [0.1, 0.15) is 13.8 Å². The van der Waals surface area contributed by atoms with Gasteiger partial charge in [-0.05, 0) is 11.8 Å². The zero-order valence-corrected chi connectivity index (χ0v) is 5.92. The van der Waals surface area contributed by atoms with Crippen molar-refractivity contribution in [1.82, 2.24) is 0 Å². The number of hydrogen-bond donors (Lipinski definition) is 0. The summed E-state index contributed by atoms with van der Waals surface area (Å²) in [5, 5.41) is 0. The third-order valence-electron chi connectivity index (χ3n) is 1.86. The van der Waals surface area contributed by atoms with Gasteiger partial charge in [-0.3, -0.25) is 0 Å². The quantitative estimate of drug-likeness (QED) is 0.452. The third kappa shape index (κ3) is 0.649. The Morgan fingerprint density at radius 1 is 1.14 bits per heavy atom. The highest BCUT2D eigenvalue weighted by molar-refractivity contribution is 6.51. The van der Waals surface area contributed by atoms with Crippen molar-refractivity contribution < 1.29 is 0 Å². The monoisotopic (exact) mass is 138 g/mol. The van der Waals surface area contributed by atoms with E-state index in [9.17, 15) is 0 Å². The van der Waals surface area contributed by atoms with Crippen LogP contribution in [0.15, 0.2) is 0 Å². The fourth-order valence-electron chi connectivity index (χ4n) is 0.674. The van der Waals surface area contributed by atoms with Gasteiger partial charge in [-0.25, -0.2) is 0 Å². The van der Waals surface area contributed by atoms with E-state index in [0.717, 1.165) is 0 Å². The Balaban J connectivity index is 2.52. The Morgan fingerprint density at radius 3 is 1.29 bits per heavy atom. The van der Waals surface area contributed by atoms with Crippen LogP contribution in [0, 0.1) is 11.8 Å². The summed E-state index contributed by atoms with van der Waals surface area (Å²) >= 11 is 11.4. The van der Waals surface area contributed by atoms with E-state index in [1.165, 1.54) is 0 Å². The maximum Gasteiger partial charge on any atom is 0.124 e. The number of halogens is 2. The Hall–Kier alpha value is 0.580. The largest absolute Gasteiger partial charge is 0.124 e. The molecule has 0 aromatic rings. The number of rotatable bonds is 0. The molecule has 7 heavy (non-hydrogen) atoms. The van der Waals surface area contributed by atoms with Gasteiger partial charge < -0.3 is 0 Å². The van der Waals surface area contributed by atoms with Crippen LogP contribution in [0.25, 0.3) is 0 Å². The lowest BCUT2D eigenvalue weighted by Crippen LogP contribution is -1.85. The maximum atomic E-state index is 5.71. The molecule has 2 atom stereocenters. The van der Waals surface area contributed by atoms with Crippen molar-refractivity contribution in [2.75, 3.05) is 0 Å². The van der Waals surface area contributed by atoms with Gasteiger partial charge in [0.15, 0.2) is 0 Å². The molecule has 0 radical (unpaired) electrons. The first-order valence-corrected chi connectivity index (χ1v) is 3.20. The average molecular weight is 139 g/mol. The molecule has 42 valence electrons. The summed E-state index contributed by atoms with van der Waals surface area (Å²) < 4.78 is -0.389. The fraction of sp³-hybridized carbons (Fsp3) is 1.00. The smallest absolute Gasteiger partial charge is 0.101 e. The van der Waals surface area contributed by atoms with Crippen LogP contribution < -0.4 is 0 Å². The topological polar surface area (TPSA) is 0 Å². The van der Waals surface area contributed by atoms with Gasteiger partial charge in [0.2, 0.25) is 0 Å². The zero-order chi connectivity index (χ0) is 5.65. The molecule has 0 aromatic carbocycles. The molecular formula is C5H8Cl2. The maximum absolute atomic E-state index is 5.71. The van der Waals surface area contributed by atoms with Crippen molar-refractivity contribution in [1.29, 1.82) is 0 Å². The fourth-order valence-corrected chi connectivity index (χ4v) is 1.30. The first-order valence-electron chi connectivity index (χ1n) is 2.44. The number of hydrogen-bond acceptors (Lipinski definition) is 0. The zero-order valence-electron chi connectivity index (χ0n) is 4.41. The molecule has 0 aliphatic heterocycles. The summed E-state index contributed by atoms with van der Waals surface area (Å²) in [6.45, 7) is 4.12. The van der Waals surface area contributed by atoms with E-state index >= 15 is 0 Å². The van der Waals surface area contributed by atoms with Crippen LogP contribution in [-0.4, -0.2) is 4.33 Å². The van der Waals surface area contributed by atoms with Crippen LogP contribution in [0.4, 0.5) is 0 Å². The van der Waals surface area contributed by atoms with Crippen LogP contribution in [0.3, 0.4) is 0 Å². The van der Waals surface area contributed by atoms with Crippen molar-refractivity contribution in [2.45, 2.75) is 18.2 Å². The first-order chi connectivity index (χ1) is 3.07. The number of alkyl halides is 2. The van der Waals surface area contributed by atoms with E-state index in [2.05, 4.69) is 13.8 Å². The Morgan fingerprint density at radius 2 is 1.29 bits per heavy atom. The molecule has 0 N–H and O–H groups in total. The lowest BCUT2D eigenvalue weighted by atomic mass is 10.4. The van der Waals surface area contributed by atoms with Gasteiger partial charge in [0, 0.05) is 0 Å². The predicted octanol–water partition coefficient (Wildman–Crippen LogP) is 2.45. The van der Waals surface area contributed by atoms with E-state index in [-0.39, 0.29) is 4.33 Å². The molecule has 1 saturated carbocycles. The van der Waals surface area contributed by atoms with Crippen LogP contribution in [0.2, 0.25) is 0 Å². The van der Waals surface area contributed by atoms with Gasteiger partial charge in [0.1, 0.15) is 4.33 Å². The molecule has 0 spiro atoms. The highest BCUT2D eigenvalue weighted by atomic mass is 35.5. The van der Waals surface area contributed by atoms with E-state index in [1.807, 2.05) is 0 Å². The second kappa shape index (κ2) is 1.29. The standard InChI is InChI=1S/C5H8Cl2/c1-3-4(2)5(3,6)7/h3-4H,1-2H3/t3-,4-/m0/s1. The summed E-state index contributed by atoms with van der Waals surface area (Å²) in [6, 6.07) is 0. The summed E-state index contributed by atoms with van der Waals surface area (Å²) in [6.07, 6.45) is 0. The molecular weight excluding hydrogens is 131 g/mol. The minimum Gasteiger partial charge on any atom is -0.101 e. The van der Waals surface area contributed by atoms with E-state index in [4.69, 9.17) is 23.2 Å². The Kier molecular flexibility index (Phi) is 1.06. The van der Waals surface area contributed by atoms with Crippen LogP contribution >= 0.6 is 23.2 Å². The van der Waals surface area contributed by atoms with E-state index in [1.54, 1.807) is 0 Å². The summed E-state index contributed by atoms with van der Waals surface area (Å²) in [5.74, 6) is 0.992. The first kappa shape index (κ1) is 5.71. The average Bonchev–Trinajstić information content (AvgIpc) is 1.91. The minimum atomic E-state index is -0.389. The molecule has 0 nitrogen and oxygen atoms in total. The summed E-state index contributed by atoms with van der Waals surface area (Å²) in [5.41, 5.74) is 0. The van der Waals surface area contributed by atoms with Crippen molar-refractivity contribution >= 4 is 23.2 Å². The normalized spacial score (nSPS) is 46.3. The summed E-state index contributed by atoms with van der Waals surface area (Å²) in [7, 11) is 0.